The van der Waals surface area contributed by atoms with Crippen molar-refractivity contribution in [1.29, 1.82) is 0 Å². The summed E-state index contributed by atoms with van der Waals surface area (Å²) in [4.78, 5) is 0. The summed E-state index contributed by atoms with van der Waals surface area (Å²) >= 11 is 0. The number of aliphatic hydroxyl groups is 1. The molecule has 2 N–H and O–H groups in total. The highest BCUT2D eigenvalue weighted by Crippen LogP contribution is 2.16. The van der Waals surface area contributed by atoms with Crippen molar-refractivity contribution in [2.45, 2.75) is 13.0 Å². The van der Waals surface area contributed by atoms with Crippen molar-refractivity contribution >= 4 is 5.69 Å². The Labute approximate surface area is 105 Å². The van der Waals surface area contributed by atoms with Crippen molar-refractivity contribution in [3.63, 3.8) is 0 Å². The Hall–Kier alpha value is -1.88. The van der Waals surface area contributed by atoms with Crippen LogP contribution in [-0.4, -0.2) is 21.4 Å². The Morgan fingerprint density at radius 2 is 2.06 bits per heavy atom. The van der Waals surface area contributed by atoms with Crippen molar-refractivity contribution in [2.24, 2.45) is 7.05 Å². The van der Waals surface area contributed by atoms with Gasteiger partial charge in [0.05, 0.1) is 17.5 Å². The number of rotatable bonds is 4. The van der Waals surface area contributed by atoms with E-state index in [-0.39, 0.29) is 5.82 Å². The van der Waals surface area contributed by atoms with Crippen LogP contribution >= 0.6 is 0 Å². The molecule has 0 saturated carbocycles. The van der Waals surface area contributed by atoms with E-state index in [1.54, 1.807) is 16.8 Å². The summed E-state index contributed by atoms with van der Waals surface area (Å²) in [6.07, 6.45) is 1.18. The molecule has 0 aliphatic carbocycles. The van der Waals surface area contributed by atoms with Crippen LogP contribution in [0.3, 0.4) is 0 Å². The quantitative estimate of drug-likeness (QED) is 0.871. The van der Waals surface area contributed by atoms with Crippen molar-refractivity contribution in [1.82, 2.24) is 9.78 Å². The van der Waals surface area contributed by atoms with E-state index in [4.69, 9.17) is 0 Å². The molecule has 0 amide bonds. The van der Waals surface area contributed by atoms with E-state index in [9.17, 15) is 9.50 Å². The van der Waals surface area contributed by atoms with Gasteiger partial charge in [0.15, 0.2) is 0 Å². The van der Waals surface area contributed by atoms with Crippen molar-refractivity contribution in [3.8, 4) is 0 Å². The highest BCUT2D eigenvalue weighted by atomic mass is 19.1. The molecule has 2 aromatic rings. The van der Waals surface area contributed by atoms with E-state index in [1.165, 1.54) is 12.1 Å². The van der Waals surface area contributed by atoms with Gasteiger partial charge in [-0.3, -0.25) is 4.68 Å². The highest BCUT2D eigenvalue weighted by molar-refractivity contribution is 5.45. The molecular formula is C13H16FN3O. The van der Waals surface area contributed by atoms with Gasteiger partial charge in [0.2, 0.25) is 0 Å². The third-order valence-electron chi connectivity index (χ3n) is 2.75. The van der Waals surface area contributed by atoms with Crippen molar-refractivity contribution in [2.75, 3.05) is 11.9 Å². The first-order valence-corrected chi connectivity index (χ1v) is 5.74. The lowest BCUT2D eigenvalue weighted by atomic mass is 10.1. The molecule has 1 atom stereocenters. The number of anilines is 1. The number of nitrogens with one attached hydrogen (secondary N) is 1. The van der Waals surface area contributed by atoms with Crippen LogP contribution in [0.25, 0.3) is 0 Å². The van der Waals surface area contributed by atoms with Crippen LogP contribution in [0.15, 0.2) is 30.5 Å². The number of hydrogen-bond donors (Lipinski definition) is 2. The highest BCUT2D eigenvalue weighted by Gasteiger charge is 2.09. The first kappa shape index (κ1) is 12.6. The molecule has 4 nitrogen and oxygen atoms in total. The lowest BCUT2D eigenvalue weighted by Gasteiger charge is -2.12. The average Bonchev–Trinajstić information content (AvgIpc) is 2.66. The van der Waals surface area contributed by atoms with Gasteiger partial charge < -0.3 is 10.4 Å². The second-order valence-corrected chi connectivity index (χ2v) is 4.25. The molecule has 1 heterocycles. The molecule has 96 valence electrons. The summed E-state index contributed by atoms with van der Waals surface area (Å²) in [6.45, 7) is 2.25. The lowest BCUT2D eigenvalue weighted by Crippen LogP contribution is -2.12. The molecule has 18 heavy (non-hydrogen) atoms. The van der Waals surface area contributed by atoms with Crippen molar-refractivity contribution < 1.29 is 9.50 Å². The van der Waals surface area contributed by atoms with E-state index in [1.807, 2.05) is 20.2 Å². The molecule has 5 heteroatoms. The fourth-order valence-electron chi connectivity index (χ4n) is 1.78. The van der Waals surface area contributed by atoms with E-state index >= 15 is 0 Å². The zero-order valence-corrected chi connectivity index (χ0v) is 10.4. The predicted molar refractivity (Wildman–Crippen MR) is 67.8 cm³/mol. The maximum absolute atomic E-state index is 12.7. The summed E-state index contributed by atoms with van der Waals surface area (Å²) in [7, 11) is 1.84. The summed E-state index contributed by atoms with van der Waals surface area (Å²) in [5.74, 6) is -0.304. The van der Waals surface area contributed by atoms with Gasteiger partial charge in [0.25, 0.3) is 0 Å². The van der Waals surface area contributed by atoms with Crippen LogP contribution in [-0.2, 0) is 7.05 Å². The van der Waals surface area contributed by atoms with E-state index in [2.05, 4.69) is 10.4 Å². The van der Waals surface area contributed by atoms with Gasteiger partial charge in [0, 0.05) is 19.8 Å². The standard InChI is InChI=1S/C13H16FN3O/c1-9-12(8-17(2)16-9)15-7-13(18)10-3-5-11(14)6-4-10/h3-6,8,13,15,18H,7H2,1-2H3. The Morgan fingerprint density at radius 3 is 2.61 bits per heavy atom. The van der Waals surface area contributed by atoms with Crippen LogP contribution in [0.4, 0.5) is 10.1 Å². The molecule has 0 fully saturated rings. The number of aromatic nitrogens is 2. The molecule has 0 aliphatic rings. The summed E-state index contributed by atoms with van der Waals surface area (Å²) in [5, 5.41) is 17.3. The average molecular weight is 249 g/mol. The number of nitrogens with zero attached hydrogens (tertiary/aromatic N) is 2. The third kappa shape index (κ3) is 2.87. The number of benzene rings is 1. The zero-order chi connectivity index (χ0) is 13.1. The molecule has 0 bridgehead atoms. The summed E-state index contributed by atoms with van der Waals surface area (Å²) in [6, 6.07) is 5.84. The van der Waals surface area contributed by atoms with Crippen LogP contribution in [0, 0.1) is 12.7 Å². The lowest BCUT2D eigenvalue weighted by molar-refractivity contribution is 0.191. The number of halogens is 1. The minimum Gasteiger partial charge on any atom is -0.387 e. The normalized spacial score (nSPS) is 12.4. The van der Waals surface area contributed by atoms with E-state index < -0.39 is 6.10 Å². The second-order valence-electron chi connectivity index (χ2n) is 4.25. The van der Waals surface area contributed by atoms with Gasteiger partial charge in [0.1, 0.15) is 5.82 Å². The molecule has 1 aromatic carbocycles. The zero-order valence-electron chi connectivity index (χ0n) is 10.4. The third-order valence-corrected chi connectivity index (χ3v) is 2.75. The fraction of sp³-hybridized carbons (Fsp3) is 0.308. The fourth-order valence-corrected chi connectivity index (χ4v) is 1.78. The number of aryl methyl sites for hydroxylation is 2. The SMILES string of the molecule is Cc1nn(C)cc1NCC(O)c1ccc(F)cc1. The smallest absolute Gasteiger partial charge is 0.123 e. The Bertz CT molecular complexity index is 522. The maximum Gasteiger partial charge on any atom is 0.123 e. The first-order chi connectivity index (χ1) is 8.56. The monoisotopic (exact) mass is 249 g/mol. The van der Waals surface area contributed by atoms with Gasteiger partial charge >= 0.3 is 0 Å². The molecule has 0 aliphatic heterocycles. The van der Waals surface area contributed by atoms with Crippen LogP contribution in [0.2, 0.25) is 0 Å². The number of aliphatic hydroxyl groups excluding tert-OH is 1. The van der Waals surface area contributed by atoms with Crippen LogP contribution in [0.1, 0.15) is 17.4 Å². The van der Waals surface area contributed by atoms with Gasteiger partial charge in [-0.25, -0.2) is 4.39 Å². The Kier molecular flexibility index (Phi) is 3.62. The first-order valence-electron chi connectivity index (χ1n) is 5.74. The molecular weight excluding hydrogens is 233 g/mol. The van der Waals surface area contributed by atoms with Crippen molar-refractivity contribution in [3.05, 3.63) is 47.5 Å². The van der Waals surface area contributed by atoms with E-state index in [0.29, 0.717) is 12.1 Å². The predicted octanol–water partition coefficient (Wildman–Crippen LogP) is 2.01. The van der Waals surface area contributed by atoms with Crippen LogP contribution < -0.4 is 5.32 Å². The second kappa shape index (κ2) is 5.18. The largest absolute Gasteiger partial charge is 0.387 e. The molecule has 0 radical (unpaired) electrons. The molecule has 0 saturated heterocycles. The summed E-state index contributed by atoms with van der Waals surface area (Å²) in [5.41, 5.74) is 2.45. The maximum atomic E-state index is 12.7. The number of hydrogen-bond acceptors (Lipinski definition) is 3. The topological polar surface area (TPSA) is 50.1 Å². The Morgan fingerprint density at radius 1 is 1.39 bits per heavy atom. The summed E-state index contributed by atoms with van der Waals surface area (Å²) < 4.78 is 14.5. The van der Waals surface area contributed by atoms with Gasteiger partial charge in [-0.1, -0.05) is 12.1 Å². The molecule has 2 rings (SSSR count). The molecule has 1 aromatic heterocycles. The Balaban J connectivity index is 1.98. The van der Waals surface area contributed by atoms with Gasteiger partial charge in [-0.05, 0) is 24.6 Å². The minimum atomic E-state index is -0.676. The minimum absolute atomic E-state index is 0.304. The molecule has 1 unspecified atom stereocenters. The van der Waals surface area contributed by atoms with Gasteiger partial charge in [-0.2, -0.15) is 5.10 Å². The van der Waals surface area contributed by atoms with Crippen LogP contribution in [0.5, 0.6) is 0 Å². The molecule has 0 spiro atoms. The van der Waals surface area contributed by atoms with E-state index in [0.717, 1.165) is 11.4 Å². The van der Waals surface area contributed by atoms with Gasteiger partial charge in [-0.15, -0.1) is 0 Å².